The minimum Gasteiger partial charge on any atom is -0.365 e. The van der Waals surface area contributed by atoms with E-state index in [-0.39, 0.29) is 37.2 Å². The molecule has 3 N–H and O–H groups in total. The van der Waals surface area contributed by atoms with Gasteiger partial charge in [-0.3, -0.25) is 5.10 Å². The molecule has 1 saturated heterocycles. The largest absolute Gasteiger partial charge is 0.365 e. The molecule has 1 aliphatic rings. The Hall–Kier alpha value is -2.06. The molecule has 7 nitrogen and oxygen atoms in total. The van der Waals surface area contributed by atoms with E-state index in [4.69, 9.17) is 5.10 Å². The van der Waals surface area contributed by atoms with Crippen LogP contribution in [0.3, 0.4) is 0 Å². The number of imidazole rings is 1. The number of H-pyrrole nitrogens is 1. The van der Waals surface area contributed by atoms with Crippen LogP contribution in [0.15, 0.2) is 36.5 Å². The number of nitrogens with one attached hydrogen (secondary N) is 3. The predicted molar refractivity (Wildman–Crippen MR) is 124 cm³/mol. The third-order valence-electron chi connectivity index (χ3n) is 5.05. The van der Waals surface area contributed by atoms with Crippen molar-refractivity contribution in [3.63, 3.8) is 0 Å². The first-order valence-electron chi connectivity index (χ1n) is 9.05. The van der Waals surface area contributed by atoms with Crippen LogP contribution in [-0.4, -0.2) is 43.9 Å². The molecule has 4 heterocycles. The van der Waals surface area contributed by atoms with Crippen LogP contribution in [-0.2, 0) is 0 Å². The van der Waals surface area contributed by atoms with Crippen molar-refractivity contribution in [3.8, 4) is 11.3 Å². The van der Waals surface area contributed by atoms with Crippen LogP contribution >= 0.6 is 37.2 Å². The highest BCUT2D eigenvalue weighted by atomic mass is 35.5. The zero-order valence-electron chi connectivity index (χ0n) is 15.9. The van der Waals surface area contributed by atoms with Crippen molar-refractivity contribution >= 4 is 59.6 Å². The van der Waals surface area contributed by atoms with E-state index in [1.165, 1.54) is 12.8 Å². The van der Waals surface area contributed by atoms with E-state index in [1.807, 2.05) is 35.8 Å². The van der Waals surface area contributed by atoms with Crippen LogP contribution in [0.2, 0.25) is 0 Å². The molecule has 10 heteroatoms. The Morgan fingerprint density at radius 3 is 2.79 bits per heavy atom. The molecule has 5 rings (SSSR count). The zero-order chi connectivity index (χ0) is 17.5. The number of benzene rings is 1. The van der Waals surface area contributed by atoms with Crippen molar-refractivity contribution in [2.45, 2.75) is 25.8 Å². The van der Waals surface area contributed by atoms with E-state index >= 15 is 0 Å². The molecule has 1 atom stereocenters. The number of anilines is 1. The minimum atomic E-state index is 0. The first-order chi connectivity index (χ1) is 12.8. The van der Waals surface area contributed by atoms with Crippen molar-refractivity contribution in [3.05, 3.63) is 42.2 Å². The summed E-state index contributed by atoms with van der Waals surface area (Å²) in [6.45, 7) is 4.12. The molecule has 3 aromatic heterocycles. The Balaban J connectivity index is 0.000001000. The van der Waals surface area contributed by atoms with E-state index in [0.29, 0.717) is 6.04 Å². The number of piperidine rings is 1. The minimum absolute atomic E-state index is 0. The van der Waals surface area contributed by atoms with Crippen molar-refractivity contribution in [1.29, 1.82) is 0 Å². The van der Waals surface area contributed by atoms with Crippen molar-refractivity contribution < 1.29 is 0 Å². The highest BCUT2D eigenvalue weighted by Crippen LogP contribution is 2.26. The van der Waals surface area contributed by atoms with Gasteiger partial charge in [-0.25, -0.2) is 9.50 Å². The number of rotatable bonds is 3. The Morgan fingerprint density at radius 1 is 1.14 bits per heavy atom. The highest BCUT2D eigenvalue weighted by molar-refractivity contribution is 5.86. The molecule has 0 amide bonds. The van der Waals surface area contributed by atoms with Gasteiger partial charge in [0.05, 0.1) is 17.4 Å². The summed E-state index contributed by atoms with van der Waals surface area (Å²) < 4.78 is 1.91. The number of aromatic nitrogens is 5. The number of aromatic amines is 1. The fourth-order valence-electron chi connectivity index (χ4n) is 3.63. The van der Waals surface area contributed by atoms with Crippen molar-refractivity contribution in [2.75, 3.05) is 18.4 Å². The number of nitrogens with zero attached hydrogens (tertiary/aromatic N) is 4. The lowest BCUT2D eigenvalue weighted by atomic mass is 10.1. The number of hydrogen-bond acceptors (Lipinski definition) is 5. The smallest absolute Gasteiger partial charge is 0.154 e. The highest BCUT2D eigenvalue weighted by Gasteiger charge is 2.14. The third-order valence-corrected chi connectivity index (χ3v) is 5.05. The van der Waals surface area contributed by atoms with E-state index in [0.717, 1.165) is 52.4 Å². The van der Waals surface area contributed by atoms with Crippen LogP contribution in [0.1, 0.15) is 18.5 Å². The van der Waals surface area contributed by atoms with Gasteiger partial charge in [-0.05, 0) is 50.6 Å². The standard InChI is InChI=1S/C19H21N7.3ClH/c1-12-15-9-13(4-5-16(15)24-23-12)17-11-21-19-7-6-18(25-26(17)19)22-14-3-2-8-20-10-14;;;/h4-7,9,11,14,20H,2-3,8,10H2,1H3,(H,22,25)(H,23,24);3*1H. The van der Waals surface area contributed by atoms with Crippen LogP contribution < -0.4 is 10.6 Å². The molecule has 0 saturated carbocycles. The first-order valence-corrected chi connectivity index (χ1v) is 9.05. The van der Waals surface area contributed by atoms with E-state index in [9.17, 15) is 0 Å². The lowest BCUT2D eigenvalue weighted by molar-refractivity contribution is 0.478. The van der Waals surface area contributed by atoms with Crippen molar-refractivity contribution in [2.24, 2.45) is 0 Å². The summed E-state index contributed by atoms with van der Waals surface area (Å²) in [6.07, 6.45) is 4.24. The first kappa shape index (κ1) is 23.2. The van der Waals surface area contributed by atoms with Crippen LogP contribution in [0.4, 0.5) is 5.82 Å². The van der Waals surface area contributed by atoms with Gasteiger partial charge in [0, 0.05) is 29.2 Å². The number of halogens is 3. The van der Waals surface area contributed by atoms with Gasteiger partial charge in [0.2, 0.25) is 0 Å². The second kappa shape index (κ2) is 9.63. The average Bonchev–Trinajstić information content (AvgIpc) is 3.26. The Bertz CT molecular complexity index is 1090. The fraction of sp³-hybridized carbons (Fsp3) is 0.316. The maximum Gasteiger partial charge on any atom is 0.154 e. The topological polar surface area (TPSA) is 82.9 Å². The van der Waals surface area contributed by atoms with Crippen LogP contribution in [0.5, 0.6) is 0 Å². The predicted octanol–water partition coefficient (Wildman–Crippen LogP) is 4.01. The Kier molecular flexibility index (Phi) is 7.71. The lowest BCUT2D eigenvalue weighted by Gasteiger charge is -2.24. The summed E-state index contributed by atoms with van der Waals surface area (Å²) in [6, 6.07) is 10.7. The van der Waals surface area contributed by atoms with Crippen LogP contribution in [0, 0.1) is 6.92 Å². The zero-order valence-corrected chi connectivity index (χ0v) is 18.3. The van der Waals surface area contributed by atoms with Gasteiger partial charge in [0.1, 0.15) is 5.82 Å². The van der Waals surface area contributed by atoms with Gasteiger partial charge in [-0.15, -0.1) is 42.3 Å². The normalized spacial score (nSPS) is 16.0. The number of aryl methyl sites for hydroxylation is 1. The van der Waals surface area contributed by atoms with Crippen molar-refractivity contribution in [1.82, 2.24) is 30.1 Å². The Labute approximate surface area is 187 Å². The van der Waals surface area contributed by atoms with Gasteiger partial charge in [-0.2, -0.15) is 5.10 Å². The lowest BCUT2D eigenvalue weighted by Crippen LogP contribution is -2.38. The number of fused-ring (bicyclic) bond motifs is 2. The summed E-state index contributed by atoms with van der Waals surface area (Å²) in [5.74, 6) is 0.881. The van der Waals surface area contributed by atoms with Gasteiger partial charge in [-0.1, -0.05) is 6.07 Å². The van der Waals surface area contributed by atoms with E-state index in [2.05, 4.69) is 37.9 Å². The maximum atomic E-state index is 4.79. The molecule has 4 aromatic rings. The molecule has 1 aliphatic heterocycles. The molecule has 1 fully saturated rings. The molecule has 156 valence electrons. The summed E-state index contributed by atoms with van der Waals surface area (Å²) in [5.41, 5.74) is 4.94. The second-order valence-electron chi connectivity index (χ2n) is 6.90. The molecule has 1 aromatic carbocycles. The van der Waals surface area contributed by atoms with Gasteiger partial charge in [0.25, 0.3) is 0 Å². The molecule has 0 radical (unpaired) electrons. The van der Waals surface area contributed by atoms with Gasteiger partial charge < -0.3 is 10.6 Å². The molecule has 0 bridgehead atoms. The van der Waals surface area contributed by atoms with Gasteiger partial charge >= 0.3 is 0 Å². The third kappa shape index (κ3) is 4.43. The molecule has 0 aliphatic carbocycles. The van der Waals surface area contributed by atoms with Gasteiger partial charge in [0.15, 0.2) is 5.65 Å². The summed E-state index contributed by atoms with van der Waals surface area (Å²) in [4.78, 5) is 4.51. The number of hydrogen-bond donors (Lipinski definition) is 3. The Morgan fingerprint density at radius 2 is 2.00 bits per heavy atom. The quantitative estimate of drug-likeness (QED) is 0.434. The molecule has 29 heavy (non-hydrogen) atoms. The van der Waals surface area contributed by atoms with E-state index < -0.39 is 0 Å². The average molecular weight is 457 g/mol. The van der Waals surface area contributed by atoms with Crippen LogP contribution in [0.25, 0.3) is 27.8 Å². The molecular weight excluding hydrogens is 433 g/mol. The second-order valence-corrected chi connectivity index (χ2v) is 6.90. The summed E-state index contributed by atoms with van der Waals surface area (Å²) in [5, 5.41) is 20.2. The van der Waals surface area contributed by atoms with E-state index in [1.54, 1.807) is 0 Å². The molecule has 1 unspecified atom stereocenters. The maximum absolute atomic E-state index is 4.79. The summed E-state index contributed by atoms with van der Waals surface area (Å²) in [7, 11) is 0. The summed E-state index contributed by atoms with van der Waals surface area (Å²) >= 11 is 0. The molecular formula is C19H24Cl3N7. The molecule has 0 spiro atoms. The fourth-order valence-corrected chi connectivity index (χ4v) is 3.63. The monoisotopic (exact) mass is 455 g/mol. The SMILES string of the molecule is Cc1[nH]nc2ccc(-c3cnc4ccc(NC5CCCNC5)nn34)cc12.Cl.Cl.Cl.